The van der Waals surface area contributed by atoms with E-state index in [4.69, 9.17) is 13.9 Å². The van der Waals surface area contributed by atoms with E-state index in [1.165, 1.54) is 22.5 Å². The van der Waals surface area contributed by atoms with Crippen LogP contribution in [0.1, 0.15) is 11.5 Å². The van der Waals surface area contributed by atoms with E-state index >= 15 is 0 Å². The molecule has 2 aliphatic rings. The zero-order valence-corrected chi connectivity index (χ0v) is 16.9. The maximum Gasteiger partial charge on any atom is 0.246 e. The fourth-order valence-electron chi connectivity index (χ4n) is 3.28. The fraction of sp³-hybridized carbons (Fsp3) is 0.350. The van der Waals surface area contributed by atoms with Crippen molar-refractivity contribution in [2.75, 3.05) is 39.4 Å². The Morgan fingerprint density at radius 2 is 1.72 bits per heavy atom. The number of sulfonamides is 1. The van der Waals surface area contributed by atoms with Gasteiger partial charge in [0.05, 0.1) is 4.90 Å². The van der Waals surface area contributed by atoms with Gasteiger partial charge in [-0.25, -0.2) is 8.42 Å². The number of hydrogen-bond donors (Lipinski definition) is 0. The van der Waals surface area contributed by atoms with Gasteiger partial charge in [0, 0.05) is 38.3 Å². The molecule has 9 heteroatoms. The lowest BCUT2D eigenvalue weighted by molar-refractivity contribution is -0.127. The Morgan fingerprint density at radius 3 is 2.41 bits per heavy atom. The molecular weight excluding hydrogens is 396 g/mol. The van der Waals surface area contributed by atoms with E-state index in [1.807, 2.05) is 13.0 Å². The number of amides is 1. The lowest BCUT2D eigenvalue weighted by Gasteiger charge is -2.33. The molecule has 1 aromatic carbocycles. The van der Waals surface area contributed by atoms with Crippen LogP contribution in [0.15, 0.2) is 45.7 Å². The second-order valence-corrected chi connectivity index (χ2v) is 8.75. The molecule has 0 unspecified atom stereocenters. The third-order valence-corrected chi connectivity index (χ3v) is 6.75. The summed E-state index contributed by atoms with van der Waals surface area (Å²) in [6, 6.07) is 8.24. The summed E-state index contributed by atoms with van der Waals surface area (Å²) in [6.45, 7) is 3.78. The molecule has 1 aromatic heterocycles. The highest BCUT2D eigenvalue weighted by atomic mass is 32.2. The molecule has 29 heavy (non-hydrogen) atoms. The Kier molecular flexibility index (Phi) is 5.33. The normalized spacial score (nSPS) is 17.6. The molecule has 0 spiro atoms. The molecule has 0 atom stereocenters. The molecular formula is C20H22N2O6S. The van der Waals surface area contributed by atoms with Gasteiger partial charge in [-0.2, -0.15) is 4.31 Å². The molecule has 2 aromatic rings. The zero-order chi connectivity index (χ0) is 20.4. The van der Waals surface area contributed by atoms with Crippen molar-refractivity contribution in [1.82, 2.24) is 9.21 Å². The summed E-state index contributed by atoms with van der Waals surface area (Å²) in [6.07, 6.45) is 3.07. The maximum atomic E-state index is 13.0. The number of carbonyl (C=O) groups is 1. The third kappa shape index (κ3) is 4.15. The van der Waals surface area contributed by atoms with Crippen LogP contribution in [0.25, 0.3) is 6.08 Å². The summed E-state index contributed by atoms with van der Waals surface area (Å²) in [5, 5.41) is 0. The van der Waals surface area contributed by atoms with Crippen LogP contribution in [0.4, 0.5) is 0 Å². The van der Waals surface area contributed by atoms with Gasteiger partial charge >= 0.3 is 0 Å². The number of carbonyl (C=O) groups excluding carboxylic acids is 1. The number of rotatable bonds is 4. The summed E-state index contributed by atoms with van der Waals surface area (Å²) in [4.78, 5) is 14.2. The minimum absolute atomic E-state index is 0.162. The highest BCUT2D eigenvalue weighted by Gasteiger charge is 2.30. The topological polar surface area (TPSA) is 89.3 Å². The highest BCUT2D eigenvalue weighted by Crippen LogP contribution is 2.33. The minimum Gasteiger partial charge on any atom is -0.486 e. The first-order valence-electron chi connectivity index (χ1n) is 9.37. The first-order valence-corrected chi connectivity index (χ1v) is 10.8. The molecule has 8 nitrogen and oxygen atoms in total. The molecule has 0 N–H and O–H groups in total. The average molecular weight is 418 g/mol. The van der Waals surface area contributed by atoms with Crippen LogP contribution < -0.4 is 9.47 Å². The van der Waals surface area contributed by atoms with Crippen molar-refractivity contribution in [2.45, 2.75) is 11.8 Å². The van der Waals surface area contributed by atoms with E-state index in [9.17, 15) is 13.2 Å². The van der Waals surface area contributed by atoms with Gasteiger partial charge in [0.2, 0.25) is 15.9 Å². The summed E-state index contributed by atoms with van der Waals surface area (Å²) >= 11 is 0. The largest absolute Gasteiger partial charge is 0.486 e. The van der Waals surface area contributed by atoms with Gasteiger partial charge in [0.25, 0.3) is 0 Å². The van der Waals surface area contributed by atoms with E-state index in [2.05, 4.69) is 0 Å². The zero-order valence-electron chi connectivity index (χ0n) is 16.0. The Hall–Kier alpha value is -2.78. The van der Waals surface area contributed by atoms with Crippen molar-refractivity contribution in [3.63, 3.8) is 0 Å². The smallest absolute Gasteiger partial charge is 0.246 e. The molecule has 4 rings (SSSR count). The fourth-order valence-corrected chi connectivity index (χ4v) is 4.72. The summed E-state index contributed by atoms with van der Waals surface area (Å²) < 4.78 is 43.6. The second kappa shape index (κ2) is 7.92. The SMILES string of the molecule is Cc1ccc(/C=C\C(=O)N2CCN(S(=O)(=O)c3ccc4c(c3)OCCO4)CC2)o1. The van der Waals surface area contributed by atoms with Gasteiger partial charge in [-0.05, 0) is 37.3 Å². The van der Waals surface area contributed by atoms with E-state index in [0.717, 1.165) is 5.76 Å². The van der Waals surface area contributed by atoms with E-state index in [0.29, 0.717) is 43.6 Å². The van der Waals surface area contributed by atoms with Crippen LogP contribution in [-0.4, -0.2) is 62.9 Å². The lowest BCUT2D eigenvalue weighted by atomic mass is 10.3. The number of piperazine rings is 1. The van der Waals surface area contributed by atoms with Crippen LogP contribution in [0, 0.1) is 6.92 Å². The van der Waals surface area contributed by atoms with Gasteiger partial charge < -0.3 is 18.8 Å². The van der Waals surface area contributed by atoms with Crippen LogP contribution in [0.5, 0.6) is 11.5 Å². The summed E-state index contributed by atoms with van der Waals surface area (Å²) in [5.74, 6) is 2.19. The van der Waals surface area contributed by atoms with Crippen molar-refractivity contribution in [2.24, 2.45) is 0 Å². The van der Waals surface area contributed by atoms with Crippen molar-refractivity contribution in [3.8, 4) is 11.5 Å². The predicted molar refractivity (Wildman–Crippen MR) is 105 cm³/mol. The lowest BCUT2D eigenvalue weighted by Crippen LogP contribution is -2.50. The van der Waals surface area contributed by atoms with Gasteiger partial charge in [-0.1, -0.05) is 0 Å². The molecule has 1 amide bonds. The Balaban J connectivity index is 1.39. The van der Waals surface area contributed by atoms with E-state index in [1.54, 1.807) is 23.1 Å². The van der Waals surface area contributed by atoms with Crippen LogP contribution in [-0.2, 0) is 14.8 Å². The molecule has 1 fully saturated rings. The molecule has 1 saturated heterocycles. The van der Waals surface area contributed by atoms with Crippen LogP contribution in [0.3, 0.4) is 0 Å². The molecule has 0 radical (unpaired) electrons. The van der Waals surface area contributed by atoms with Crippen LogP contribution >= 0.6 is 0 Å². The van der Waals surface area contributed by atoms with Crippen molar-refractivity contribution >= 4 is 22.0 Å². The molecule has 0 aliphatic carbocycles. The molecule has 0 saturated carbocycles. The first kappa shape index (κ1) is 19.5. The monoisotopic (exact) mass is 418 g/mol. The number of aryl methyl sites for hydroxylation is 1. The second-order valence-electron chi connectivity index (χ2n) is 6.82. The number of hydrogen-bond acceptors (Lipinski definition) is 6. The minimum atomic E-state index is -3.67. The molecule has 0 bridgehead atoms. The van der Waals surface area contributed by atoms with Gasteiger partial charge in [-0.3, -0.25) is 4.79 Å². The van der Waals surface area contributed by atoms with Crippen molar-refractivity contribution in [1.29, 1.82) is 0 Å². The van der Waals surface area contributed by atoms with E-state index < -0.39 is 10.0 Å². The molecule has 3 heterocycles. The van der Waals surface area contributed by atoms with E-state index in [-0.39, 0.29) is 23.9 Å². The summed E-state index contributed by atoms with van der Waals surface area (Å²) in [7, 11) is -3.67. The maximum absolute atomic E-state index is 13.0. The Morgan fingerprint density at radius 1 is 1.00 bits per heavy atom. The Labute approximate surface area is 169 Å². The van der Waals surface area contributed by atoms with Crippen LogP contribution in [0.2, 0.25) is 0 Å². The van der Waals surface area contributed by atoms with Crippen molar-refractivity contribution < 1.29 is 27.1 Å². The third-order valence-electron chi connectivity index (χ3n) is 4.85. The van der Waals surface area contributed by atoms with Gasteiger partial charge in [0.15, 0.2) is 11.5 Å². The number of benzene rings is 1. The quantitative estimate of drug-likeness (QED) is 0.705. The first-order chi connectivity index (χ1) is 13.9. The number of nitrogens with zero attached hydrogens (tertiary/aromatic N) is 2. The molecule has 154 valence electrons. The standard InChI is InChI=1S/C20H22N2O6S/c1-15-2-3-16(28-15)4-7-20(23)21-8-10-22(11-9-21)29(24,25)17-5-6-18-19(14-17)27-13-12-26-18/h2-7,14H,8-13H2,1H3/b7-4-. The molecule has 2 aliphatic heterocycles. The van der Waals surface area contributed by atoms with Gasteiger partial charge in [-0.15, -0.1) is 0 Å². The predicted octanol–water partition coefficient (Wildman–Crippen LogP) is 1.91. The summed E-state index contributed by atoms with van der Waals surface area (Å²) in [5.41, 5.74) is 0. The van der Waals surface area contributed by atoms with Crippen molar-refractivity contribution in [3.05, 3.63) is 47.9 Å². The number of furan rings is 1. The average Bonchev–Trinajstić information content (AvgIpc) is 3.17. The number of fused-ring (bicyclic) bond motifs is 1. The Bertz CT molecular complexity index is 1030. The highest BCUT2D eigenvalue weighted by molar-refractivity contribution is 7.89. The number of ether oxygens (including phenoxy) is 2. The van der Waals surface area contributed by atoms with Gasteiger partial charge in [0.1, 0.15) is 24.7 Å².